The van der Waals surface area contributed by atoms with Gasteiger partial charge in [0.25, 0.3) is 0 Å². The molecule has 2 rings (SSSR count). The highest BCUT2D eigenvalue weighted by Gasteiger charge is 2.20. The summed E-state index contributed by atoms with van der Waals surface area (Å²) in [6.07, 6.45) is 1.91. The Morgan fingerprint density at radius 2 is 1.84 bits per heavy atom. The van der Waals surface area contributed by atoms with Crippen molar-refractivity contribution in [3.05, 3.63) is 52.6 Å². The zero-order chi connectivity index (χ0) is 13.8. The molecule has 19 heavy (non-hydrogen) atoms. The lowest BCUT2D eigenvalue weighted by atomic mass is 10.2. The van der Waals surface area contributed by atoms with Gasteiger partial charge in [0.15, 0.2) is 0 Å². The summed E-state index contributed by atoms with van der Waals surface area (Å²) in [6.45, 7) is 0. The molecule has 0 radical (unpaired) electrons. The van der Waals surface area contributed by atoms with E-state index in [2.05, 4.69) is 0 Å². The van der Waals surface area contributed by atoms with Gasteiger partial charge in [0.2, 0.25) is 5.75 Å². The molecule has 0 atom stereocenters. The van der Waals surface area contributed by atoms with Crippen molar-refractivity contribution in [1.29, 1.82) is 0 Å². The zero-order valence-corrected chi connectivity index (χ0v) is 11.0. The molecule has 0 aliphatic heterocycles. The fraction of sp³-hybridized carbons (Fsp3) is 0.0769. The number of nitrogen functional groups attached to an aromatic ring is 1. The van der Waals surface area contributed by atoms with E-state index in [0.29, 0.717) is 5.75 Å². The standard InChI is InChI=1S/C13H12N2O3S/c1-19-12-8-3-2-6-10(12)18-11-7-4-5-9(14)13(11)15(16)17/h2-8H,14H2,1H3. The molecule has 0 aliphatic rings. The van der Waals surface area contributed by atoms with Gasteiger partial charge >= 0.3 is 5.69 Å². The first-order valence-electron chi connectivity index (χ1n) is 5.47. The van der Waals surface area contributed by atoms with E-state index in [0.717, 1.165) is 4.90 Å². The molecule has 0 aromatic heterocycles. The Hall–Kier alpha value is -2.21. The summed E-state index contributed by atoms with van der Waals surface area (Å²) in [4.78, 5) is 11.4. The molecular weight excluding hydrogens is 264 g/mol. The number of hydrogen-bond donors (Lipinski definition) is 1. The maximum Gasteiger partial charge on any atom is 0.334 e. The number of nitro groups is 1. The monoisotopic (exact) mass is 276 g/mol. The third-order valence-corrected chi connectivity index (χ3v) is 3.28. The van der Waals surface area contributed by atoms with Crippen LogP contribution in [0.1, 0.15) is 0 Å². The number of hydrogen-bond acceptors (Lipinski definition) is 5. The number of ether oxygens (including phenoxy) is 1. The van der Waals surface area contributed by atoms with Crippen LogP contribution in [0.2, 0.25) is 0 Å². The molecule has 0 saturated heterocycles. The van der Waals surface area contributed by atoms with Gasteiger partial charge in [-0.25, -0.2) is 0 Å². The van der Waals surface area contributed by atoms with E-state index in [-0.39, 0.29) is 17.1 Å². The van der Waals surface area contributed by atoms with Gasteiger partial charge in [0, 0.05) is 4.90 Å². The Labute approximate surface area is 114 Å². The number of rotatable bonds is 4. The van der Waals surface area contributed by atoms with Crippen LogP contribution in [0.4, 0.5) is 11.4 Å². The van der Waals surface area contributed by atoms with Gasteiger partial charge in [-0.1, -0.05) is 18.2 Å². The van der Waals surface area contributed by atoms with Crippen molar-refractivity contribution in [3.63, 3.8) is 0 Å². The molecule has 0 bridgehead atoms. The molecule has 0 saturated carbocycles. The van der Waals surface area contributed by atoms with E-state index in [1.807, 2.05) is 24.5 Å². The van der Waals surface area contributed by atoms with Gasteiger partial charge in [-0.05, 0) is 30.5 Å². The summed E-state index contributed by atoms with van der Waals surface area (Å²) in [7, 11) is 0. The number of para-hydroxylation sites is 2. The van der Waals surface area contributed by atoms with Gasteiger partial charge < -0.3 is 10.5 Å². The largest absolute Gasteiger partial charge is 0.449 e. The Bertz CT molecular complexity index is 617. The van der Waals surface area contributed by atoms with E-state index >= 15 is 0 Å². The molecule has 2 aromatic carbocycles. The van der Waals surface area contributed by atoms with E-state index < -0.39 is 4.92 Å². The second-order valence-corrected chi connectivity index (χ2v) is 4.55. The second kappa shape index (κ2) is 5.62. The Balaban J connectivity index is 2.44. The Morgan fingerprint density at radius 3 is 2.53 bits per heavy atom. The molecule has 2 aromatic rings. The van der Waals surface area contributed by atoms with E-state index in [1.54, 1.807) is 12.1 Å². The minimum atomic E-state index is -0.535. The van der Waals surface area contributed by atoms with Crippen molar-refractivity contribution in [3.8, 4) is 11.5 Å². The molecule has 98 valence electrons. The summed E-state index contributed by atoms with van der Waals surface area (Å²) in [5.41, 5.74) is 5.50. The first-order valence-corrected chi connectivity index (χ1v) is 6.69. The van der Waals surface area contributed by atoms with Crippen molar-refractivity contribution < 1.29 is 9.66 Å². The van der Waals surface area contributed by atoms with Gasteiger partial charge in [0.1, 0.15) is 11.4 Å². The van der Waals surface area contributed by atoms with Gasteiger partial charge in [-0.2, -0.15) is 0 Å². The third-order valence-electron chi connectivity index (χ3n) is 2.50. The van der Waals surface area contributed by atoms with Gasteiger partial charge in [0.05, 0.1) is 4.92 Å². The molecule has 6 heteroatoms. The number of nitrogens with two attached hydrogens (primary N) is 1. The number of nitrogens with zero attached hydrogens (tertiary/aromatic N) is 1. The minimum Gasteiger partial charge on any atom is -0.449 e. The molecule has 0 heterocycles. The average molecular weight is 276 g/mol. The topological polar surface area (TPSA) is 78.4 Å². The van der Waals surface area contributed by atoms with Crippen LogP contribution in [-0.4, -0.2) is 11.2 Å². The number of anilines is 1. The highest BCUT2D eigenvalue weighted by Crippen LogP contribution is 2.38. The van der Waals surface area contributed by atoms with Crippen LogP contribution in [0.15, 0.2) is 47.4 Å². The van der Waals surface area contributed by atoms with Crippen LogP contribution in [0.3, 0.4) is 0 Å². The van der Waals surface area contributed by atoms with E-state index in [4.69, 9.17) is 10.5 Å². The SMILES string of the molecule is CSc1ccccc1Oc1cccc(N)c1[N+](=O)[O-]. The highest BCUT2D eigenvalue weighted by molar-refractivity contribution is 7.98. The normalized spacial score (nSPS) is 10.2. The van der Waals surface area contributed by atoms with Crippen LogP contribution in [0.5, 0.6) is 11.5 Å². The first-order chi connectivity index (χ1) is 9.13. The predicted octanol–water partition coefficient (Wildman–Crippen LogP) is 3.69. The summed E-state index contributed by atoms with van der Waals surface area (Å²) in [6, 6.07) is 12.0. The zero-order valence-electron chi connectivity index (χ0n) is 10.2. The van der Waals surface area contributed by atoms with Crippen LogP contribution in [-0.2, 0) is 0 Å². The smallest absolute Gasteiger partial charge is 0.334 e. The summed E-state index contributed by atoms with van der Waals surface area (Å²) in [5, 5.41) is 11.0. The number of nitro benzene ring substituents is 1. The molecule has 2 N–H and O–H groups in total. The fourth-order valence-corrected chi connectivity index (χ4v) is 2.16. The minimum absolute atomic E-state index is 0.0872. The van der Waals surface area contributed by atoms with Crippen LogP contribution in [0.25, 0.3) is 0 Å². The lowest BCUT2D eigenvalue weighted by Crippen LogP contribution is -1.98. The first kappa shape index (κ1) is 13.2. The van der Waals surface area contributed by atoms with Crippen molar-refractivity contribution in [1.82, 2.24) is 0 Å². The maximum atomic E-state index is 11.0. The van der Waals surface area contributed by atoms with E-state index in [9.17, 15) is 10.1 Å². The van der Waals surface area contributed by atoms with Crippen LogP contribution in [0, 0.1) is 10.1 Å². The molecular formula is C13H12N2O3S. The van der Waals surface area contributed by atoms with Crippen molar-refractivity contribution in [2.45, 2.75) is 4.90 Å². The Morgan fingerprint density at radius 1 is 1.16 bits per heavy atom. The van der Waals surface area contributed by atoms with Gasteiger partial charge in [-0.15, -0.1) is 11.8 Å². The number of thioether (sulfide) groups is 1. The molecule has 0 unspecified atom stereocenters. The second-order valence-electron chi connectivity index (χ2n) is 3.70. The van der Waals surface area contributed by atoms with Crippen LogP contribution >= 0.6 is 11.8 Å². The lowest BCUT2D eigenvalue weighted by molar-refractivity contribution is -0.384. The summed E-state index contributed by atoms with van der Waals surface area (Å²) >= 11 is 1.51. The summed E-state index contributed by atoms with van der Waals surface area (Å²) in [5.74, 6) is 0.718. The molecule has 5 nitrogen and oxygen atoms in total. The maximum absolute atomic E-state index is 11.0. The van der Waals surface area contributed by atoms with Crippen molar-refractivity contribution >= 4 is 23.1 Å². The van der Waals surface area contributed by atoms with Gasteiger partial charge in [-0.3, -0.25) is 10.1 Å². The molecule has 0 aliphatic carbocycles. The lowest BCUT2D eigenvalue weighted by Gasteiger charge is -2.10. The third kappa shape index (κ3) is 2.79. The quantitative estimate of drug-likeness (QED) is 0.399. The number of benzene rings is 2. The Kier molecular flexibility index (Phi) is 3.91. The average Bonchev–Trinajstić information content (AvgIpc) is 2.39. The fourth-order valence-electron chi connectivity index (χ4n) is 1.64. The van der Waals surface area contributed by atoms with E-state index in [1.165, 1.54) is 23.9 Å². The molecule has 0 spiro atoms. The van der Waals surface area contributed by atoms with Crippen molar-refractivity contribution in [2.24, 2.45) is 0 Å². The summed E-state index contributed by atoms with van der Waals surface area (Å²) < 4.78 is 5.63. The predicted molar refractivity (Wildman–Crippen MR) is 75.8 cm³/mol. The van der Waals surface area contributed by atoms with Crippen LogP contribution < -0.4 is 10.5 Å². The molecule has 0 fully saturated rings. The highest BCUT2D eigenvalue weighted by atomic mass is 32.2. The molecule has 0 amide bonds. The van der Waals surface area contributed by atoms with Crippen molar-refractivity contribution in [2.75, 3.05) is 12.0 Å².